The minimum absolute atomic E-state index is 0.123. The highest BCUT2D eigenvalue weighted by molar-refractivity contribution is 5.88. The van der Waals surface area contributed by atoms with E-state index in [-0.39, 0.29) is 30.6 Å². The number of para-hydroxylation sites is 1. The van der Waals surface area contributed by atoms with Gasteiger partial charge in [0, 0.05) is 23.7 Å². The van der Waals surface area contributed by atoms with Gasteiger partial charge in [0.15, 0.2) is 0 Å². The Hall–Kier alpha value is -5.24. The highest BCUT2D eigenvalue weighted by Crippen LogP contribution is 2.31. The van der Waals surface area contributed by atoms with Gasteiger partial charge in [0.1, 0.15) is 23.8 Å². The lowest BCUT2D eigenvalue weighted by Gasteiger charge is -2.14. The highest BCUT2D eigenvalue weighted by atomic mass is 16.5. The lowest BCUT2D eigenvalue weighted by Crippen LogP contribution is -2.24. The number of aromatic hydroxyl groups is 1. The van der Waals surface area contributed by atoms with Crippen molar-refractivity contribution in [3.8, 4) is 34.3 Å². The number of rotatable bonds is 9. The number of benzene rings is 4. The molecule has 0 bridgehead atoms. The third-order valence-electron chi connectivity index (χ3n) is 6.43. The van der Waals surface area contributed by atoms with Gasteiger partial charge in [-0.2, -0.15) is 0 Å². The first-order chi connectivity index (χ1) is 19.4. The number of hydrogen-bond donors (Lipinski definition) is 2. The van der Waals surface area contributed by atoms with Gasteiger partial charge in [-0.05, 0) is 54.1 Å². The summed E-state index contributed by atoms with van der Waals surface area (Å²) in [7, 11) is 1.59. The number of nitrogens with zero attached hydrogens (tertiary/aromatic N) is 2. The quantitative estimate of drug-likeness (QED) is 0.256. The number of ether oxygens (including phenoxy) is 2. The fourth-order valence-electron chi connectivity index (χ4n) is 4.60. The molecule has 8 heteroatoms. The van der Waals surface area contributed by atoms with Crippen LogP contribution in [0.5, 0.6) is 17.4 Å². The Morgan fingerprint density at radius 2 is 1.57 bits per heavy atom. The summed E-state index contributed by atoms with van der Waals surface area (Å²) in [6.07, 6.45) is 0. The molecule has 0 spiro atoms. The lowest BCUT2D eigenvalue weighted by atomic mass is 10.1. The number of anilines is 1. The maximum atomic E-state index is 13.7. The average Bonchev–Trinajstić information content (AvgIpc) is 3.21. The Labute approximate surface area is 231 Å². The molecule has 1 amide bonds. The normalized spacial score (nSPS) is 10.8. The van der Waals surface area contributed by atoms with E-state index in [1.807, 2.05) is 66.7 Å². The summed E-state index contributed by atoms with van der Waals surface area (Å²) in [5.41, 5.74) is 3.71. The van der Waals surface area contributed by atoms with Crippen LogP contribution in [0.2, 0.25) is 0 Å². The maximum absolute atomic E-state index is 13.7. The minimum atomic E-state index is -0.351. The number of hydrogen-bond acceptors (Lipinski definition) is 5. The van der Waals surface area contributed by atoms with Crippen LogP contribution in [-0.4, -0.2) is 27.3 Å². The van der Waals surface area contributed by atoms with E-state index in [9.17, 15) is 14.7 Å². The van der Waals surface area contributed by atoms with Crippen LogP contribution in [0.1, 0.15) is 18.1 Å². The van der Waals surface area contributed by atoms with Crippen LogP contribution >= 0.6 is 0 Å². The standard InChI is InChI=1S/C32H29N3O5/c1-22(36)33-26-14-16-28(17-15-26)40-21-25-19-23(13-18-29(25)39-2)20-34-30(24-9-5-3-6-10-24)31(37)35(32(34)38)27-11-7-4-8-12-27/h3-19,37H,20-21H2,1-2H3,(H,33,36). The Bertz CT molecular complexity index is 1670. The summed E-state index contributed by atoms with van der Waals surface area (Å²) >= 11 is 0. The number of carbonyl (C=O) groups excluding carboxylic acids is 1. The van der Waals surface area contributed by atoms with Crippen molar-refractivity contribution < 1.29 is 19.4 Å². The molecule has 5 rings (SSSR count). The van der Waals surface area contributed by atoms with E-state index in [4.69, 9.17) is 9.47 Å². The monoisotopic (exact) mass is 535 g/mol. The molecular formula is C32H29N3O5. The van der Waals surface area contributed by atoms with E-state index in [1.54, 1.807) is 48.1 Å². The van der Waals surface area contributed by atoms with Gasteiger partial charge in [0.05, 0.1) is 19.3 Å². The van der Waals surface area contributed by atoms with Gasteiger partial charge in [0.25, 0.3) is 0 Å². The number of aromatic nitrogens is 2. The second-order valence-corrected chi connectivity index (χ2v) is 9.22. The number of carbonyl (C=O) groups is 1. The van der Waals surface area contributed by atoms with Crippen molar-refractivity contribution in [2.45, 2.75) is 20.1 Å². The topological polar surface area (TPSA) is 94.7 Å². The van der Waals surface area contributed by atoms with Gasteiger partial charge in [-0.25, -0.2) is 9.36 Å². The molecule has 0 aliphatic heterocycles. The van der Waals surface area contributed by atoms with Gasteiger partial charge >= 0.3 is 5.69 Å². The van der Waals surface area contributed by atoms with Crippen molar-refractivity contribution in [2.24, 2.45) is 0 Å². The summed E-state index contributed by atoms with van der Waals surface area (Å²) in [5.74, 6) is 1.02. The van der Waals surface area contributed by atoms with Crippen molar-refractivity contribution in [3.63, 3.8) is 0 Å². The molecule has 5 aromatic rings. The Kier molecular flexibility index (Phi) is 7.68. The van der Waals surface area contributed by atoms with E-state index in [0.29, 0.717) is 28.6 Å². The number of nitrogens with one attached hydrogen (secondary N) is 1. The molecule has 0 atom stereocenters. The molecule has 0 radical (unpaired) electrons. The lowest BCUT2D eigenvalue weighted by molar-refractivity contribution is -0.114. The minimum Gasteiger partial charge on any atom is -0.496 e. The predicted molar refractivity (Wildman–Crippen MR) is 154 cm³/mol. The van der Waals surface area contributed by atoms with Crippen LogP contribution in [0.15, 0.2) is 108 Å². The first-order valence-corrected chi connectivity index (χ1v) is 12.8. The van der Waals surface area contributed by atoms with Crippen LogP contribution in [0.3, 0.4) is 0 Å². The fraction of sp³-hybridized carbons (Fsp3) is 0.125. The van der Waals surface area contributed by atoms with Gasteiger partial charge in [0.2, 0.25) is 11.8 Å². The number of imidazole rings is 1. The highest BCUT2D eigenvalue weighted by Gasteiger charge is 2.22. The molecule has 1 heterocycles. The van der Waals surface area contributed by atoms with Crippen molar-refractivity contribution >= 4 is 11.6 Å². The van der Waals surface area contributed by atoms with Crippen LogP contribution < -0.4 is 20.5 Å². The zero-order valence-electron chi connectivity index (χ0n) is 22.2. The zero-order valence-corrected chi connectivity index (χ0v) is 22.2. The molecule has 0 aliphatic carbocycles. The molecule has 4 aromatic carbocycles. The van der Waals surface area contributed by atoms with E-state index < -0.39 is 0 Å². The number of methoxy groups -OCH3 is 1. The van der Waals surface area contributed by atoms with Crippen LogP contribution in [0, 0.1) is 0 Å². The maximum Gasteiger partial charge on any atom is 0.336 e. The van der Waals surface area contributed by atoms with E-state index >= 15 is 0 Å². The van der Waals surface area contributed by atoms with Crippen molar-refractivity contribution in [1.29, 1.82) is 0 Å². The van der Waals surface area contributed by atoms with Crippen molar-refractivity contribution in [2.75, 3.05) is 12.4 Å². The average molecular weight is 536 g/mol. The number of amides is 1. The smallest absolute Gasteiger partial charge is 0.336 e. The van der Waals surface area contributed by atoms with Gasteiger partial charge < -0.3 is 19.9 Å². The molecule has 8 nitrogen and oxygen atoms in total. The van der Waals surface area contributed by atoms with E-state index in [2.05, 4.69) is 5.32 Å². The van der Waals surface area contributed by atoms with Crippen LogP contribution in [-0.2, 0) is 17.9 Å². The third kappa shape index (κ3) is 5.61. The van der Waals surface area contributed by atoms with Crippen LogP contribution in [0.25, 0.3) is 16.9 Å². The van der Waals surface area contributed by atoms with E-state index in [1.165, 1.54) is 11.5 Å². The Balaban J connectivity index is 1.47. The van der Waals surface area contributed by atoms with Crippen molar-refractivity contribution in [3.05, 3.63) is 125 Å². The predicted octanol–water partition coefficient (Wildman–Crippen LogP) is 5.61. The van der Waals surface area contributed by atoms with E-state index in [0.717, 1.165) is 16.7 Å². The molecule has 0 saturated heterocycles. The summed E-state index contributed by atoms with van der Waals surface area (Å²) < 4.78 is 14.4. The zero-order chi connectivity index (χ0) is 28.1. The summed E-state index contributed by atoms with van der Waals surface area (Å²) in [6.45, 7) is 1.91. The van der Waals surface area contributed by atoms with Gasteiger partial charge in [-0.15, -0.1) is 0 Å². The first kappa shape index (κ1) is 26.4. The van der Waals surface area contributed by atoms with Crippen molar-refractivity contribution in [1.82, 2.24) is 9.13 Å². The summed E-state index contributed by atoms with van der Waals surface area (Å²) in [5, 5.41) is 14.0. The van der Waals surface area contributed by atoms with Gasteiger partial charge in [-0.3, -0.25) is 9.36 Å². The largest absolute Gasteiger partial charge is 0.496 e. The first-order valence-electron chi connectivity index (χ1n) is 12.8. The molecule has 0 aliphatic rings. The molecule has 40 heavy (non-hydrogen) atoms. The molecule has 0 fully saturated rings. The fourth-order valence-corrected chi connectivity index (χ4v) is 4.60. The Morgan fingerprint density at radius 3 is 2.23 bits per heavy atom. The second kappa shape index (κ2) is 11.7. The molecule has 0 unspecified atom stereocenters. The molecule has 202 valence electrons. The summed E-state index contributed by atoms with van der Waals surface area (Å²) in [6, 6.07) is 31.2. The summed E-state index contributed by atoms with van der Waals surface area (Å²) in [4.78, 5) is 25.0. The SMILES string of the molecule is COc1ccc(Cn2c(-c3ccccc3)c(O)n(-c3ccccc3)c2=O)cc1COc1ccc(NC(C)=O)cc1. The molecule has 2 N–H and O–H groups in total. The van der Waals surface area contributed by atoms with Gasteiger partial charge in [-0.1, -0.05) is 54.6 Å². The molecule has 1 aromatic heterocycles. The van der Waals surface area contributed by atoms with Crippen LogP contribution in [0.4, 0.5) is 5.69 Å². The molecular weight excluding hydrogens is 506 g/mol. The Morgan fingerprint density at radius 1 is 0.900 bits per heavy atom. The third-order valence-corrected chi connectivity index (χ3v) is 6.43. The second-order valence-electron chi connectivity index (χ2n) is 9.22. The molecule has 0 saturated carbocycles.